The van der Waals surface area contributed by atoms with E-state index in [-0.39, 0.29) is 30.0 Å². The monoisotopic (exact) mass is 256 g/mol. The molecule has 2 atom stereocenters. The molecule has 2 unspecified atom stereocenters. The zero-order chi connectivity index (χ0) is 13.9. The van der Waals surface area contributed by atoms with Gasteiger partial charge in [0.25, 0.3) is 0 Å². The van der Waals surface area contributed by atoms with Gasteiger partial charge in [0.15, 0.2) is 0 Å². The fraction of sp³-hybridized carbons (Fsp3) is 0.846. The lowest BCUT2D eigenvalue weighted by Gasteiger charge is -2.50. The topological polar surface area (TPSA) is 69.6 Å². The molecule has 1 aliphatic heterocycles. The highest BCUT2D eigenvalue weighted by molar-refractivity contribution is 5.83. The van der Waals surface area contributed by atoms with Gasteiger partial charge in [0.1, 0.15) is 0 Å². The fourth-order valence-electron chi connectivity index (χ4n) is 2.69. The average Bonchev–Trinajstić information content (AvgIpc) is 2.29. The molecule has 0 spiro atoms. The Kier molecular flexibility index (Phi) is 4.73. The first kappa shape index (κ1) is 15.0. The van der Waals surface area contributed by atoms with E-state index in [9.17, 15) is 9.59 Å². The second kappa shape index (κ2) is 5.69. The first-order valence-corrected chi connectivity index (χ1v) is 6.57. The molecular weight excluding hydrogens is 232 g/mol. The Labute approximate surface area is 109 Å². The number of amides is 1. The standard InChI is InChI=1S/C13H24N2O3/c1-5-9(2)15-10(6-7-11(16)17)12(18)14-8-13(15,3)4/h9-10H,5-8H2,1-4H3,(H,14,18)(H,16,17). The summed E-state index contributed by atoms with van der Waals surface area (Å²) in [4.78, 5) is 24.9. The van der Waals surface area contributed by atoms with Gasteiger partial charge < -0.3 is 10.4 Å². The van der Waals surface area contributed by atoms with Crippen LogP contribution in [-0.2, 0) is 9.59 Å². The van der Waals surface area contributed by atoms with Crippen LogP contribution in [0, 0.1) is 0 Å². The number of hydrogen-bond acceptors (Lipinski definition) is 3. The van der Waals surface area contributed by atoms with Crippen LogP contribution in [0.25, 0.3) is 0 Å². The van der Waals surface area contributed by atoms with E-state index < -0.39 is 5.97 Å². The van der Waals surface area contributed by atoms with E-state index in [0.717, 1.165) is 6.42 Å². The third-order valence-electron chi connectivity index (χ3n) is 3.73. The SMILES string of the molecule is CCC(C)N1C(CCC(=O)O)C(=O)NCC1(C)C. The summed E-state index contributed by atoms with van der Waals surface area (Å²) in [5.41, 5.74) is -0.132. The van der Waals surface area contributed by atoms with Crippen molar-refractivity contribution in [1.82, 2.24) is 10.2 Å². The maximum atomic E-state index is 12.0. The number of aliphatic carboxylic acids is 1. The van der Waals surface area contributed by atoms with Crippen LogP contribution in [-0.4, -0.2) is 46.1 Å². The lowest BCUT2D eigenvalue weighted by atomic mass is 9.91. The van der Waals surface area contributed by atoms with Crippen LogP contribution < -0.4 is 5.32 Å². The van der Waals surface area contributed by atoms with Crippen molar-refractivity contribution in [3.63, 3.8) is 0 Å². The van der Waals surface area contributed by atoms with Crippen molar-refractivity contribution in [2.45, 2.75) is 64.6 Å². The number of carbonyl (C=O) groups is 2. The van der Waals surface area contributed by atoms with Crippen molar-refractivity contribution < 1.29 is 14.7 Å². The highest BCUT2D eigenvalue weighted by Crippen LogP contribution is 2.27. The van der Waals surface area contributed by atoms with E-state index >= 15 is 0 Å². The highest BCUT2D eigenvalue weighted by Gasteiger charge is 2.42. The van der Waals surface area contributed by atoms with Crippen molar-refractivity contribution in [2.24, 2.45) is 0 Å². The van der Waals surface area contributed by atoms with Crippen molar-refractivity contribution in [1.29, 1.82) is 0 Å². The van der Waals surface area contributed by atoms with Gasteiger partial charge >= 0.3 is 5.97 Å². The van der Waals surface area contributed by atoms with E-state index in [1.54, 1.807) is 0 Å². The maximum Gasteiger partial charge on any atom is 0.303 e. The number of nitrogens with zero attached hydrogens (tertiary/aromatic N) is 1. The molecule has 1 heterocycles. The molecular formula is C13H24N2O3. The number of hydrogen-bond donors (Lipinski definition) is 2. The van der Waals surface area contributed by atoms with Crippen LogP contribution in [0.1, 0.15) is 47.0 Å². The number of piperazine rings is 1. The Hall–Kier alpha value is -1.10. The second-order valence-electron chi connectivity index (χ2n) is 5.64. The van der Waals surface area contributed by atoms with E-state index in [4.69, 9.17) is 5.11 Å². The molecule has 5 heteroatoms. The molecule has 5 nitrogen and oxygen atoms in total. The Bertz CT molecular complexity index is 328. The molecule has 0 bridgehead atoms. The van der Waals surface area contributed by atoms with Crippen molar-refractivity contribution in [2.75, 3.05) is 6.54 Å². The van der Waals surface area contributed by atoms with Gasteiger partial charge in [-0.25, -0.2) is 0 Å². The number of carboxylic acids is 1. The molecule has 104 valence electrons. The van der Waals surface area contributed by atoms with Gasteiger partial charge in [-0.05, 0) is 33.6 Å². The highest BCUT2D eigenvalue weighted by atomic mass is 16.4. The van der Waals surface area contributed by atoms with Gasteiger partial charge in [0.2, 0.25) is 5.91 Å². The Balaban J connectivity index is 2.90. The fourth-order valence-corrected chi connectivity index (χ4v) is 2.69. The van der Waals surface area contributed by atoms with Crippen molar-refractivity contribution >= 4 is 11.9 Å². The summed E-state index contributed by atoms with van der Waals surface area (Å²) in [6, 6.07) is -0.0651. The average molecular weight is 256 g/mol. The van der Waals surface area contributed by atoms with Crippen LogP contribution in [0.5, 0.6) is 0 Å². The Morgan fingerprint density at radius 3 is 2.72 bits per heavy atom. The van der Waals surface area contributed by atoms with Gasteiger partial charge in [-0.3, -0.25) is 14.5 Å². The van der Waals surface area contributed by atoms with E-state index in [1.165, 1.54) is 0 Å². The molecule has 1 fully saturated rings. The molecule has 1 saturated heterocycles. The normalized spacial score (nSPS) is 25.6. The van der Waals surface area contributed by atoms with Crippen LogP contribution in [0.15, 0.2) is 0 Å². The lowest BCUT2D eigenvalue weighted by Crippen LogP contribution is -2.67. The smallest absolute Gasteiger partial charge is 0.303 e. The molecule has 0 aromatic rings. The molecule has 1 amide bonds. The Morgan fingerprint density at radius 2 is 2.22 bits per heavy atom. The van der Waals surface area contributed by atoms with Gasteiger partial charge in [-0.2, -0.15) is 0 Å². The summed E-state index contributed by atoms with van der Waals surface area (Å²) in [5, 5.41) is 11.7. The quantitative estimate of drug-likeness (QED) is 0.776. The summed E-state index contributed by atoms with van der Waals surface area (Å²) >= 11 is 0. The zero-order valence-electron chi connectivity index (χ0n) is 11.7. The summed E-state index contributed by atoms with van der Waals surface area (Å²) < 4.78 is 0. The molecule has 18 heavy (non-hydrogen) atoms. The Morgan fingerprint density at radius 1 is 1.61 bits per heavy atom. The van der Waals surface area contributed by atoms with E-state index in [1.807, 2.05) is 0 Å². The number of carbonyl (C=O) groups excluding carboxylic acids is 1. The summed E-state index contributed by atoms with van der Waals surface area (Å²) in [5.74, 6) is -0.897. The molecule has 0 saturated carbocycles. The summed E-state index contributed by atoms with van der Waals surface area (Å²) in [6.45, 7) is 8.97. The molecule has 0 aromatic carbocycles. The van der Waals surface area contributed by atoms with Crippen molar-refractivity contribution in [3.05, 3.63) is 0 Å². The molecule has 1 aliphatic rings. The van der Waals surface area contributed by atoms with Gasteiger partial charge in [-0.15, -0.1) is 0 Å². The minimum absolute atomic E-state index is 0.0289. The van der Waals surface area contributed by atoms with E-state index in [2.05, 4.69) is 37.9 Å². The van der Waals surface area contributed by atoms with Crippen LogP contribution in [0.2, 0.25) is 0 Å². The first-order valence-electron chi connectivity index (χ1n) is 6.57. The maximum absolute atomic E-state index is 12.0. The molecule has 2 N–H and O–H groups in total. The third kappa shape index (κ3) is 3.22. The largest absolute Gasteiger partial charge is 0.481 e. The second-order valence-corrected chi connectivity index (χ2v) is 5.64. The number of rotatable bonds is 5. The summed E-state index contributed by atoms with van der Waals surface area (Å²) in [6.07, 6.45) is 1.34. The minimum Gasteiger partial charge on any atom is -0.481 e. The van der Waals surface area contributed by atoms with Gasteiger partial charge in [0.05, 0.1) is 6.04 Å². The molecule has 0 aliphatic carbocycles. The van der Waals surface area contributed by atoms with Crippen molar-refractivity contribution in [3.8, 4) is 0 Å². The van der Waals surface area contributed by atoms with E-state index in [0.29, 0.717) is 13.0 Å². The minimum atomic E-state index is -0.852. The molecule has 0 radical (unpaired) electrons. The lowest BCUT2D eigenvalue weighted by molar-refractivity contribution is -0.141. The third-order valence-corrected chi connectivity index (χ3v) is 3.73. The predicted molar refractivity (Wildman–Crippen MR) is 69.3 cm³/mol. The van der Waals surface area contributed by atoms with Gasteiger partial charge in [-0.1, -0.05) is 6.92 Å². The van der Waals surface area contributed by atoms with Gasteiger partial charge in [0, 0.05) is 24.5 Å². The van der Waals surface area contributed by atoms with Crippen LogP contribution in [0.3, 0.4) is 0 Å². The number of carboxylic acid groups (broad SMARTS) is 1. The van der Waals surface area contributed by atoms with Crippen LogP contribution in [0.4, 0.5) is 0 Å². The summed E-state index contributed by atoms with van der Waals surface area (Å²) in [7, 11) is 0. The zero-order valence-corrected chi connectivity index (χ0v) is 11.7. The molecule has 0 aromatic heterocycles. The number of nitrogens with one attached hydrogen (secondary N) is 1. The van der Waals surface area contributed by atoms with Crippen LogP contribution >= 0.6 is 0 Å². The first-order chi connectivity index (χ1) is 8.29. The molecule has 1 rings (SSSR count). The predicted octanol–water partition coefficient (Wildman–Crippen LogP) is 1.23.